The van der Waals surface area contributed by atoms with Crippen LogP contribution in [-0.4, -0.2) is 52.3 Å². The molecule has 5 rings (SSSR count). The van der Waals surface area contributed by atoms with Gasteiger partial charge in [-0.25, -0.2) is 14.4 Å². The normalized spacial score (nSPS) is 22.0. The van der Waals surface area contributed by atoms with Crippen LogP contribution in [0.15, 0.2) is 66.7 Å². The number of benzene rings is 3. The van der Waals surface area contributed by atoms with Crippen LogP contribution >= 0.6 is 23.2 Å². The predicted molar refractivity (Wildman–Crippen MR) is 173 cm³/mol. The molecule has 2 aliphatic rings. The molecule has 2 N–H and O–H groups in total. The van der Waals surface area contributed by atoms with E-state index in [1.165, 1.54) is 7.11 Å². The third-order valence-electron chi connectivity index (χ3n) is 8.32. The maximum absolute atomic E-state index is 14.4. The molecule has 0 aromatic heterocycles. The summed E-state index contributed by atoms with van der Waals surface area (Å²) in [6.07, 6.45) is 4.88. The summed E-state index contributed by atoms with van der Waals surface area (Å²) in [5, 5.41) is 0.750. The average Bonchev–Trinajstić information content (AvgIpc) is 3.01. The van der Waals surface area contributed by atoms with E-state index in [9.17, 15) is 18.6 Å². The van der Waals surface area contributed by atoms with E-state index in [2.05, 4.69) is 10.2 Å². The number of ether oxygens (including phenoxy) is 1. The number of amides is 2. The number of halogens is 2. The van der Waals surface area contributed by atoms with Crippen LogP contribution in [0.25, 0.3) is 0 Å². The third-order valence-corrected chi connectivity index (χ3v) is 9.52. The maximum Gasteiger partial charge on any atom is 0.309 e. The topological polar surface area (TPSA) is 114 Å². The van der Waals surface area contributed by atoms with Gasteiger partial charge in [-0.3, -0.25) is 19.2 Å². The van der Waals surface area contributed by atoms with Crippen LogP contribution in [0.1, 0.15) is 70.3 Å². The molecule has 0 radical (unpaired) electrons. The molecule has 3 aromatic carbocycles. The molecule has 9 nitrogen and oxygen atoms in total. The van der Waals surface area contributed by atoms with Gasteiger partial charge in [0, 0.05) is 33.9 Å². The summed E-state index contributed by atoms with van der Waals surface area (Å²) in [6.45, 7) is 0.0427. The van der Waals surface area contributed by atoms with Crippen molar-refractivity contribution in [2.75, 3.05) is 13.4 Å². The highest BCUT2D eigenvalue weighted by Gasteiger charge is 2.49. The van der Waals surface area contributed by atoms with Crippen LogP contribution in [0, 0.1) is 0 Å². The van der Waals surface area contributed by atoms with Crippen molar-refractivity contribution in [2.24, 2.45) is 0 Å². The lowest BCUT2D eigenvalue weighted by atomic mass is 9.76. The fourth-order valence-electron chi connectivity index (χ4n) is 6.39. The van der Waals surface area contributed by atoms with Crippen molar-refractivity contribution in [2.45, 2.75) is 62.8 Å². The fraction of sp³-hybridized carbons (Fsp3) is 0.364. The molecule has 3 aromatic rings. The van der Waals surface area contributed by atoms with Crippen molar-refractivity contribution in [3.63, 3.8) is 0 Å². The summed E-state index contributed by atoms with van der Waals surface area (Å²) in [5.41, 5.74) is 5.66. The van der Waals surface area contributed by atoms with E-state index in [1.54, 1.807) is 59.7 Å². The highest BCUT2D eigenvalue weighted by Crippen LogP contribution is 2.47. The number of nitrogens with zero attached hydrogens (tertiary/aromatic N) is 1. The molecular weight excluding hydrogens is 637 g/mol. The van der Waals surface area contributed by atoms with Gasteiger partial charge in [-0.05, 0) is 53.3 Å². The van der Waals surface area contributed by atoms with Crippen molar-refractivity contribution in [3.05, 3.63) is 105 Å². The van der Waals surface area contributed by atoms with Gasteiger partial charge in [-0.2, -0.15) is 0 Å². The SMILES string of the molecule is COC(=O)Cc1cccc(CONC(=O)[C@@H]2c3ccccc3C(=O)N(C3CCCC[C@@H]3NS(C)=O)[C@H]2c2ccc(Cl)cc2Cl)c1. The van der Waals surface area contributed by atoms with Gasteiger partial charge in [0.1, 0.15) is 0 Å². The fourth-order valence-corrected chi connectivity index (χ4v) is 7.61. The molecule has 1 aliphatic heterocycles. The first-order chi connectivity index (χ1) is 21.7. The van der Waals surface area contributed by atoms with Crippen LogP contribution in [0.5, 0.6) is 0 Å². The quantitative estimate of drug-likeness (QED) is 0.219. The van der Waals surface area contributed by atoms with Gasteiger partial charge in [-0.15, -0.1) is 0 Å². The van der Waals surface area contributed by atoms with Gasteiger partial charge >= 0.3 is 5.97 Å². The number of rotatable bonds is 10. The zero-order valence-corrected chi connectivity index (χ0v) is 27.3. The first-order valence-electron chi connectivity index (χ1n) is 14.7. The second-order valence-corrected chi connectivity index (χ2v) is 13.2. The van der Waals surface area contributed by atoms with Crippen molar-refractivity contribution < 1.29 is 28.2 Å². The largest absolute Gasteiger partial charge is 0.469 e. The van der Waals surface area contributed by atoms with Gasteiger partial charge in [0.2, 0.25) is 0 Å². The molecule has 1 heterocycles. The molecule has 1 fully saturated rings. The van der Waals surface area contributed by atoms with E-state index < -0.39 is 28.9 Å². The van der Waals surface area contributed by atoms with E-state index in [-0.39, 0.29) is 37.0 Å². The summed E-state index contributed by atoms with van der Waals surface area (Å²) in [5.74, 6) is -1.93. The Bertz CT molecular complexity index is 1600. The van der Waals surface area contributed by atoms with E-state index in [1.807, 2.05) is 18.2 Å². The lowest BCUT2D eigenvalue weighted by Gasteiger charge is -2.49. The Morgan fingerprint density at radius 1 is 0.978 bits per heavy atom. The van der Waals surface area contributed by atoms with E-state index in [0.29, 0.717) is 33.2 Å². The van der Waals surface area contributed by atoms with E-state index in [0.717, 1.165) is 30.4 Å². The van der Waals surface area contributed by atoms with Gasteiger partial charge in [0.15, 0.2) is 0 Å². The Hall–Kier alpha value is -3.28. The maximum atomic E-state index is 14.4. The molecule has 1 aliphatic carbocycles. The van der Waals surface area contributed by atoms with Crippen molar-refractivity contribution in [1.82, 2.24) is 15.1 Å². The zero-order chi connectivity index (χ0) is 32.1. The van der Waals surface area contributed by atoms with Gasteiger partial charge in [0.25, 0.3) is 11.8 Å². The molecule has 0 spiro atoms. The molecular formula is C33H35Cl2N3O6S. The number of carbonyl (C=O) groups excluding carboxylic acids is 3. The summed E-state index contributed by atoms with van der Waals surface area (Å²) < 4.78 is 20.2. The highest BCUT2D eigenvalue weighted by atomic mass is 35.5. The lowest BCUT2D eigenvalue weighted by Crippen LogP contribution is -2.58. The number of hydroxylamine groups is 1. The van der Waals surface area contributed by atoms with Crippen LogP contribution in [0.4, 0.5) is 0 Å². The highest BCUT2D eigenvalue weighted by molar-refractivity contribution is 7.82. The molecule has 5 atom stereocenters. The molecule has 238 valence electrons. The summed E-state index contributed by atoms with van der Waals surface area (Å²) >= 11 is 13.1. The number of nitrogens with one attached hydrogen (secondary N) is 2. The Morgan fingerprint density at radius 2 is 1.73 bits per heavy atom. The summed E-state index contributed by atoms with van der Waals surface area (Å²) in [4.78, 5) is 47.8. The number of methoxy groups -OCH3 is 1. The van der Waals surface area contributed by atoms with Crippen LogP contribution in [0.2, 0.25) is 10.0 Å². The van der Waals surface area contributed by atoms with Gasteiger partial charge in [-0.1, -0.05) is 84.6 Å². The number of esters is 1. The standard InChI is InChI=1S/C33H35Cl2N3O6S/c1-43-29(39)17-20-8-7-9-21(16-20)19-44-36-32(40)30-23-10-3-4-11-24(23)33(41)38(28-13-6-5-12-27(28)37-45(2)42)31(30)25-15-14-22(34)18-26(25)35/h3-4,7-11,14-16,18,27-28,30-31,37H,5-6,12-13,17,19H2,1-2H3,(H,36,40)/t27-,28?,30+,31-,45?/m0/s1. The van der Waals surface area contributed by atoms with Crippen molar-refractivity contribution in [3.8, 4) is 0 Å². The second kappa shape index (κ2) is 14.9. The first-order valence-corrected chi connectivity index (χ1v) is 17.0. The molecule has 2 amide bonds. The van der Waals surface area contributed by atoms with Gasteiger partial charge < -0.3 is 9.64 Å². The second-order valence-electron chi connectivity index (χ2n) is 11.2. The molecule has 45 heavy (non-hydrogen) atoms. The van der Waals surface area contributed by atoms with Crippen LogP contribution in [0.3, 0.4) is 0 Å². The molecule has 0 saturated heterocycles. The minimum atomic E-state index is -1.31. The molecule has 12 heteroatoms. The minimum absolute atomic E-state index is 0.0427. The molecule has 0 bridgehead atoms. The molecule has 2 unspecified atom stereocenters. The van der Waals surface area contributed by atoms with Crippen LogP contribution in [-0.2, 0) is 43.2 Å². The average molecular weight is 673 g/mol. The number of fused-ring (bicyclic) bond motifs is 1. The Labute approximate surface area is 275 Å². The lowest BCUT2D eigenvalue weighted by molar-refractivity contribution is -0.140. The van der Waals surface area contributed by atoms with Crippen molar-refractivity contribution >= 4 is 52.0 Å². The smallest absolute Gasteiger partial charge is 0.309 e. The van der Waals surface area contributed by atoms with Crippen LogP contribution < -0.4 is 10.2 Å². The Kier molecular flexibility index (Phi) is 10.9. The summed E-state index contributed by atoms with van der Waals surface area (Å²) in [7, 11) is 0.0261. The van der Waals surface area contributed by atoms with Crippen molar-refractivity contribution in [1.29, 1.82) is 0 Å². The van der Waals surface area contributed by atoms with Gasteiger partial charge in [0.05, 0.1) is 43.1 Å². The first kappa shape index (κ1) is 33.1. The number of hydrogen-bond donors (Lipinski definition) is 2. The summed E-state index contributed by atoms with van der Waals surface area (Å²) in [6, 6.07) is 18.0. The molecule has 1 saturated carbocycles. The Balaban J connectivity index is 1.51. The van der Waals surface area contributed by atoms with E-state index >= 15 is 0 Å². The monoisotopic (exact) mass is 671 g/mol. The third kappa shape index (κ3) is 7.58. The number of hydrogen-bond acceptors (Lipinski definition) is 6. The minimum Gasteiger partial charge on any atom is -0.469 e. The zero-order valence-electron chi connectivity index (χ0n) is 25.0. The Morgan fingerprint density at radius 3 is 2.49 bits per heavy atom. The number of carbonyl (C=O) groups is 3. The van der Waals surface area contributed by atoms with E-state index in [4.69, 9.17) is 32.8 Å². The predicted octanol–water partition coefficient (Wildman–Crippen LogP) is 5.43.